The number of likely N-dealkylation sites (tertiary alicyclic amines) is 1. The van der Waals surface area contributed by atoms with Gasteiger partial charge in [-0.3, -0.25) is 9.69 Å². The normalized spacial score (nSPS) is 20.1. The summed E-state index contributed by atoms with van der Waals surface area (Å²) in [5.74, 6) is 0.399. The molecule has 3 rings (SSSR count). The molecule has 0 bridgehead atoms. The van der Waals surface area contributed by atoms with Crippen molar-refractivity contribution in [1.82, 2.24) is 15.1 Å². The van der Waals surface area contributed by atoms with Gasteiger partial charge in [0.15, 0.2) is 18.1 Å². The molecule has 0 spiro atoms. The lowest BCUT2D eigenvalue weighted by Gasteiger charge is -2.32. The fourth-order valence-electron chi connectivity index (χ4n) is 3.68. The molecule has 1 amide bonds. The summed E-state index contributed by atoms with van der Waals surface area (Å²) in [5.41, 5.74) is 0.565. The molecule has 1 aromatic rings. The highest BCUT2D eigenvalue weighted by Gasteiger charge is 2.31. The van der Waals surface area contributed by atoms with Crippen molar-refractivity contribution in [3.8, 4) is 11.5 Å². The van der Waals surface area contributed by atoms with E-state index in [-0.39, 0.29) is 12.5 Å². The van der Waals surface area contributed by atoms with Crippen LogP contribution in [-0.2, 0) is 9.53 Å². The summed E-state index contributed by atoms with van der Waals surface area (Å²) in [7, 11) is 1.31. The van der Waals surface area contributed by atoms with Gasteiger partial charge in [-0.25, -0.2) is 4.79 Å². The molecule has 0 radical (unpaired) electrons. The van der Waals surface area contributed by atoms with Gasteiger partial charge < -0.3 is 24.4 Å². The average Bonchev–Trinajstić information content (AvgIpc) is 3.23. The monoisotopic (exact) mass is 391 g/mol. The fraction of sp³-hybridized carbons (Fsp3) is 0.600. The zero-order valence-corrected chi connectivity index (χ0v) is 16.6. The van der Waals surface area contributed by atoms with Crippen LogP contribution in [0.15, 0.2) is 18.2 Å². The molecule has 2 heterocycles. The molecule has 2 aliphatic heterocycles. The molecule has 8 heteroatoms. The van der Waals surface area contributed by atoms with Crippen LogP contribution in [-0.4, -0.2) is 87.3 Å². The smallest absolute Gasteiger partial charge is 0.343 e. The van der Waals surface area contributed by atoms with Crippen molar-refractivity contribution in [2.45, 2.75) is 19.4 Å². The Morgan fingerprint density at radius 1 is 1.14 bits per heavy atom. The van der Waals surface area contributed by atoms with E-state index in [1.807, 2.05) is 11.8 Å². The van der Waals surface area contributed by atoms with E-state index in [1.54, 1.807) is 18.2 Å². The molecule has 2 saturated heterocycles. The van der Waals surface area contributed by atoms with Crippen molar-refractivity contribution in [1.29, 1.82) is 0 Å². The molecule has 8 nitrogen and oxygen atoms in total. The Bertz CT molecular complexity index is 690. The van der Waals surface area contributed by atoms with Crippen LogP contribution in [0.5, 0.6) is 11.5 Å². The molecule has 2 aliphatic rings. The molecule has 1 atom stereocenters. The first-order valence-corrected chi connectivity index (χ1v) is 9.83. The molecule has 0 aliphatic carbocycles. The number of piperazine rings is 1. The molecule has 154 valence electrons. The molecule has 1 aromatic carbocycles. The Morgan fingerprint density at radius 3 is 2.64 bits per heavy atom. The third-order valence-electron chi connectivity index (χ3n) is 5.18. The number of carbonyl (C=O) groups excluding carboxylic acids is 2. The van der Waals surface area contributed by atoms with E-state index in [9.17, 15) is 9.59 Å². The molecule has 1 unspecified atom stereocenters. The van der Waals surface area contributed by atoms with Crippen LogP contribution in [0.25, 0.3) is 0 Å². The fourth-order valence-corrected chi connectivity index (χ4v) is 3.68. The van der Waals surface area contributed by atoms with Gasteiger partial charge in [0.25, 0.3) is 5.91 Å². The first-order chi connectivity index (χ1) is 13.6. The number of esters is 1. The van der Waals surface area contributed by atoms with Crippen LogP contribution in [0.4, 0.5) is 0 Å². The number of amides is 1. The van der Waals surface area contributed by atoms with Gasteiger partial charge in [0.1, 0.15) is 0 Å². The molecule has 1 N–H and O–H groups in total. The number of nitrogens with zero attached hydrogens (tertiary/aromatic N) is 2. The second kappa shape index (κ2) is 9.75. The predicted molar refractivity (Wildman–Crippen MR) is 104 cm³/mol. The molecule has 2 fully saturated rings. The standard InChI is InChI=1S/C20H29N3O5/c1-3-27-18-12-15(4-5-17(18)28-14-19(24)26-2)20(25)23-9-6-16(13-23)22-10-7-21-8-11-22/h4-5,12,16,21H,3,6-11,13-14H2,1-2H3. The first kappa shape index (κ1) is 20.4. The number of ether oxygens (including phenoxy) is 3. The molecular weight excluding hydrogens is 362 g/mol. The highest BCUT2D eigenvalue weighted by Crippen LogP contribution is 2.30. The summed E-state index contributed by atoms with van der Waals surface area (Å²) in [5, 5.41) is 3.37. The van der Waals surface area contributed by atoms with E-state index in [4.69, 9.17) is 9.47 Å². The molecule has 0 aromatic heterocycles. The lowest BCUT2D eigenvalue weighted by atomic mass is 10.1. The van der Waals surface area contributed by atoms with Crippen molar-refractivity contribution < 1.29 is 23.8 Å². The Labute approximate surface area is 165 Å². The number of nitrogens with one attached hydrogen (secondary N) is 1. The summed E-state index contributed by atoms with van der Waals surface area (Å²) >= 11 is 0. The van der Waals surface area contributed by atoms with E-state index in [1.165, 1.54) is 7.11 Å². The van der Waals surface area contributed by atoms with Crippen molar-refractivity contribution in [2.24, 2.45) is 0 Å². The zero-order valence-electron chi connectivity index (χ0n) is 16.6. The number of carbonyl (C=O) groups is 2. The Hall–Kier alpha value is -2.32. The lowest BCUT2D eigenvalue weighted by Crippen LogP contribution is -2.49. The minimum atomic E-state index is -0.473. The maximum absolute atomic E-state index is 13.0. The van der Waals surface area contributed by atoms with E-state index in [0.29, 0.717) is 29.7 Å². The topological polar surface area (TPSA) is 80.3 Å². The highest BCUT2D eigenvalue weighted by atomic mass is 16.6. The second-order valence-corrected chi connectivity index (χ2v) is 6.94. The minimum Gasteiger partial charge on any atom is -0.490 e. The summed E-state index contributed by atoms with van der Waals surface area (Å²) in [4.78, 5) is 28.7. The van der Waals surface area contributed by atoms with Gasteiger partial charge in [-0.2, -0.15) is 0 Å². The van der Waals surface area contributed by atoms with E-state index >= 15 is 0 Å². The average molecular weight is 391 g/mol. The SMILES string of the molecule is CCOc1cc(C(=O)N2CCC(N3CCNCC3)C2)ccc1OCC(=O)OC. The van der Waals surface area contributed by atoms with Gasteiger partial charge in [0.05, 0.1) is 13.7 Å². The van der Waals surface area contributed by atoms with Crippen molar-refractivity contribution in [2.75, 3.05) is 59.6 Å². The predicted octanol–water partition coefficient (Wildman–Crippen LogP) is 0.757. The summed E-state index contributed by atoms with van der Waals surface area (Å²) in [6.07, 6.45) is 1.00. The Morgan fingerprint density at radius 2 is 1.93 bits per heavy atom. The number of methoxy groups -OCH3 is 1. The van der Waals surface area contributed by atoms with Crippen molar-refractivity contribution in [3.63, 3.8) is 0 Å². The minimum absolute atomic E-state index is 0.00175. The van der Waals surface area contributed by atoms with Gasteiger partial charge in [-0.15, -0.1) is 0 Å². The van der Waals surface area contributed by atoms with Crippen molar-refractivity contribution >= 4 is 11.9 Å². The maximum Gasteiger partial charge on any atom is 0.343 e. The van der Waals surface area contributed by atoms with Crippen LogP contribution in [0.3, 0.4) is 0 Å². The first-order valence-electron chi connectivity index (χ1n) is 9.83. The Balaban J connectivity index is 1.65. The number of benzene rings is 1. The van der Waals surface area contributed by atoms with Gasteiger partial charge in [0.2, 0.25) is 0 Å². The van der Waals surface area contributed by atoms with Crippen molar-refractivity contribution in [3.05, 3.63) is 23.8 Å². The van der Waals surface area contributed by atoms with Crippen LogP contribution < -0.4 is 14.8 Å². The summed E-state index contributed by atoms with van der Waals surface area (Å²) in [6, 6.07) is 5.51. The third kappa shape index (κ3) is 4.94. The molecular formula is C20H29N3O5. The Kier molecular flexibility index (Phi) is 7.11. The second-order valence-electron chi connectivity index (χ2n) is 6.94. The molecule has 28 heavy (non-hydrogen) atoms. The van der Waals surface area contributed by atoms with Crippen LogP contribution in [0, 0.1) is 0 Å². The van der Waals surface area contributed by atoms with Gasteiger partial charge in [-0.05, 0) is 31.5 Å². The van der Waals surface area contributed by atoms with Crippen LogP contribution in [0.1, 0.15) is 23.7 Å². The third-order valence-corrected chi connectivity index (χ3v) is 5.18. The van der Waals surface area contributed by atoms with Crippen LogP contribution >= 0.6 is 0 Å². The van der Waals surface area contributed by atoms with Gasteiger partial charge in [0, 0.05) is 50.9 Å². The zero-order chi connectivity index (χ0) is 19.9. The quantitative estimate of drug-likeness (QED) is 0.687. The number of hydrogen-bond acceptors (Lipinski definition) is 7. The van der Waals surface area contributed by atoms with Crippen LogP contribution in [0.2, 0.25) is 0 Å². The largest absolute Gasteiger partial charge is 0.490 e. The van der Waals surface area contributed by atoms with E-state index in [0.717, 1.165) is 45.7 Å². The highest BCUT2D eigenvalue weighted by molar-refractivity contribution is 5.95. The van der Waals surface area contributed by atoms with E-state index in [2.05, 4.69) is 15.0 Å². The van der Waals surface area contributed by atoms with E-state index < -0.39 is 5.97 Å². The summed E-state index contributed by atoms with van der Waals surface area (Å²) in [6.45, 7) is 7.69. The van der Waals surface area contributed by atoms with Gasteiger partial charge >= 0.3 is 5.97 Å². The lowest BCUT2D eigenvalue weighted by molar-refractivity contribution is -0.142. The molecule has 0 saturated carbocycles. The summed E-state index contributed by atoms with van der Waals surface area (Å²) < 4.78 is 15.7. The number of rotatable bonds is 7. The number of hydrogen-bond donors (Lipinski definition) is 1. The van der Waals surface area contributed by atoms with Gasteiger partial charge in [-0.1, -0.05) is 0 Å². The maximum atomic E-state index is 13.0.